The molecule has 0 aromatic carbocycles. The van der Waals surface area contributed by atoms with Crippen molar-refractivity contribution in [2.45, 2.75) is 38.6 Å². The molecule has 88 valence electrons. The molecule has 1 atom stereocenters. The van der Waals surface area contributed by atoms with E-state index >= 15 is 0 Å². The molecule has 2 N–H and O–H groups in total. The Balaban J connectivity index is 1.93. The Labute approximate surface area is 91.8 Å². The van der Waals surface area contributed by atoms with Crippen molar-refractivity contribution in [3.05, 3.63) is 0 Å². The third-order valence-electron chi connectivity index (χ3n) is 2.58. The van der Waals surface area contributed by atoms with Crippen LogP contribution in [0.15, 0.2) is 0 Å². The Morgan fingerprint density at radius 1 is 1.53 bits per heavy atom. The Kier molecular flexibility index (Phi) is 6.36. The molecule has 0 spiro atoms. The predicted octanol–water partition coefficient (Wildman–Crippen LogP) is 0.671. The monoisotopic (exact) mass is 214 g/mol. The minimum absolute atomic E-state index is 0.0779. The smallest absolute Gasteiger partial charge is 0.222 e. The van der Waals surface area contributed by atoms with Crippen molar-refractivity contribution in [3.8, 4) is 0 Å². The van der Waals surface area contributed by atoms with Gasteiger partial charge >= 0.3 is 0 Å². The molecule has 1 aliphatic rings. The predicted molar refractivity (Wildman–Crippen MR) is 59.8 cm³/mol. The largest absolute Gasteiger partial charge is 0.379 e. The van der Waals surface area contributed by atoms with Gasteiger partial charge < -0.3 is 15.4 Å². The van der Waals surface area contributed by atoms with E-state index in [1.165, 1.54) is 19.3 Å². The molecule has 4 nitrogen and oxygen atoms in total. The lowest BCUT2D eigenvalue weighted by molar-refractivity contribution is -0.122. The van der Waals surface area contributed by atoms with Crippen molar-refractivity contribution in [2.24, 2.45) is 0 Å². The summed E-state index contributed by atoms with van der Waals surface area (Å²) in [5.74, 6) is 0.0779. The first kappa shape index (κ1) is 12.5. The molecule has 0 aromatic rings. The molecule has 0 radical (unpaired) electrons. The molecule has 0 aliphatic carbocycles. The van der Waals surface area contributed by atoms with E-state index in [-0.39, 0.29) is 5.91 Å². The first-order valence-corrected chi connectivity index (χ1v) is 5.90. The standard InChI is InChI=1S/C11H22N2O2/c1-2-12-11(14)6-8-15-9-10-5-3-4-7-13-10/h10,13H,2-9H2,1H3,(H,12,14). The second-order valence-electron chi connectivity index (χ2n) is 3.93. The molecule has 1 rings (SSSR count). The van der Waals surface area contributed by atoms with E-state index in [9.17, 15) is 4.79 Å². The number of carbonyl (C=O) groups is 1. The molecule has 15 heavy (non-hydrogen) atoms. The lowest BCUT2D eigenvalue weighted by Crippen LogP contribution is -2.37. The van der Waals surface area contributed by atoms with E-state index in [1.807, 2.05) is 6.92 Å². The molecule has 1 aliphatic heterocycles. The highest BCUT2D eigenvalue weighted by molar-refractivity contribution is 5.75. The molecule has 1 unspecified atom stereocenters. The van der Waals surface area contributed by atoms with Crippen LogP contribution in [0.5, 0.6) is 0 Å². The van der Waals surface area contributed by atoms with Gasteiger partial charge in [0, 0.05) is 19.0 Å². The van der Waals surface area contributed by atoms with Gasteiger partial charge in [-0.25, -0.2) is 0 Å². The van der Waals surface area contributed by atoms with Gasteiger partial charge in [-0.3, -0.25) is 4.79 Å². The van der Waals surface area contributed by atoms with Gasteiger partial charge in [-0.05, 0) is 26.3 Å². The summed E-state index contributed by atoms with van der Waals surface area (Å²) in [6, 6.07) is 0.494. The molecule has 0 bridgehead atoms. The van der Waals surface area contributed by atoms with Crippen LogP contribution in [-0.4, -0.2) is 38.3 Å². The van der Waals surface area contributed by atoms with E-state index in [0.29, 0.717) is 25.6 Å². The third kappa shape index (κ3) is 5.74. The fraction of sp³-hybridized carbons (Fsp3) is 0.909. The van der Waals surface area contributed by atoms with Crippen molar-refractivity contribution in [1.82, 2.24) is 10.6 Å². The van der Waals surface area contributed by atoms with Crippen LogP contribution in [0.2, 0.25) is 0 Å². The molecule has 1 heterocycles. The highest BCUT2D eigenvalue weighted by atomic mass is 16.5. The Hall–Kier alpha value is -0.610. The summed E-state index contributed by atoms with van der Waals surface area (Å²) in [5.41, 5.74) is 0. The first-order chi connectivity index (χ1) is 7.33. The Bertz CT molecular complexity index is 179. The van der Waals surface area contributed by atoms with Gasteiger partial charge in [0.15, 0.2) is 0 Å². The summed E-state index contributed by atoms with van der Waals surface area (Å²) in [5, 5.41) is 6.16. The van der Waals surface area contributed by atoms with Gasteiger partial charge in [0.05, 0.1) is 13.2 Å². The van der Waals surface area contributed by atoms with Crippen LogP contribution in [0.1, 0.15) is 32.6 Å². The Morgan fingerprint density at radius 3 is 3.07 bits per heavy atom. The average Bonchev–Trinajstić information content (AvgIpc) is 2.26. The van der Waals surface area contributed by atoms with Crippen LogP contribution in [0.25, 0.3) is 0 Å². The second-order valence-corrected chi connectivity index (χ2v) is 3.93. The maximum atomic E-state index is 11.1. The van der Waals surface area contributed by atoms with Crippen molar-refractivity contribution >= 4 is 5.91 Å². The molecular formula is C11H22N2O2. The van der Waals surface area contributed by atoms with E-state index in [0.717, 1.165) is 13.2 Å². The minimum Gasteiger partial charge on any atom is -0.379 e. The lowest BCUT2D eigenvalue weighted by atomic mass is 10.1. The van der Waals surface area contributed by atoms with Gasteiger partial charge in [-0.1, -0.05) is 6.42 Å². The third-order valence-corrected chi connectivity index (χ3v) is 2.58. The molecule has 0 aromatic heterocycles. The number of nitrogens with one attached hydrogen (secondary N) is 2. The number of hydrogen-bond acceptors (Lipinski definition) is 3. The number of piperidine rings is 1. The first-order valence-electron chi connectivity index (χ1n) is 5.90. The zero-order valence-electron chi connectivity index (χ0n) is 9.55. The molecule has 1 fully saturated rings. The fourth-order valence-corrected chi connectivity index (χ4v) is 1.74. The highest BCUT2D eigenvalue weighted by Gasteiger charge is 2.12. The van der Waals surface area contributed by atoms with Crippen LogP contribution in [0.4, 0.5) is 0 Å². The van der Waals surface area contributed by atoms with Crippen molar-refractivity contribution in [2.75, 3.05) is 26.3 Å². The number of hydrogen-bond donors (Lipinski definition) is 2. The molecular weight excluding hydrogens is 192 g/mol. The summed E-state index contributed by atoms with van der Waals surface area (Å²) >= 11 is 0. The summed E-state index contributed by atoms with van der Waals surface area (Å²) in [6.45, 7) is 4.99. The van der Waals surface area contributed by atoms with Gasteiger partial charge in [0.2, 0.25) is 5.91 Å². The summed E-state index contributed by atoms with van der Waals surface area (Å²) < 4.78 is 5.47. The summed E-state index contributed by atoms with van der Waals surface area (Å²) in [4.78, 5) is 11.1. The van der Waals surface area contributed by atoms with Gasteiger partial charge in [-0.2, -0.15) is 0 Å². The van der Waals surface area contributed by atoms with Gasteiger partial charge in [0.25, 0.3) is 0 Å². The Morgan fingerprint density at radius 2 is 2.40 bits per heavy atom. The summed E-state index contributed by atoms with van der Waals surface area (Å²) in [7, 11) is 0. The zero-order chi connectivity index (χ0) is 10.9. The number of carbonyl (C=O) groups excluding carboxylic acids is 1. The molecule has 1 saturated heterocycles. The quantitative estimate of drug-likeness (QED) is 0.639. The second kappa shape index (κ2) is 7.65. The summed E-state index contributed by atoms with van der Waals surface area (Å²) in [6.07, 6.45) is 4.23. The maximum Gasteiger partial charge on any atom is 0.222 e. The maximum absolute atomic E-state index is 11.1. The van der Waals surface area contributed by atoms with E-state index in [1.54, 1.807) is 0 Å². The van der Waals surface area contributed by atoms with Crippen molar-refractivity contribution in [3.63, 3.8) is 0 Å². The van der Waals surface area contributed by atoms with Crippen LogP contribution >= 0.6 is 0 Å². The van der Waals surface area contributed by atoms with Crippen LogP contribution in [-0.2, 0) is 9.53 Å². The van der Waals surface area contributed by atoms with E-state index in [2.05, 4.69) is 10.6 Å². The lowest BCUT2D eigenvalue weighted by Gasteiger charge is -2.23. The van der Waals surface area contributed by atoms with Crippen LogP contribution < -0.4 is 10.6 Å². The SMILES string of the molecule is CCNC(=O)CCOCC1CCCCN1. The minimum atomic E-state index is 0.0779. The molecule has 1 amide bonds. The topological polar surface area (TPSA) is 50.4 Å². The van der Waals surface area contributed by atoms with Crippen LogP contribution in [0, 0.1) is 0 Å². The van der Waals surface area contributed by atoms with Gasteiger partial charge in [0.1, 0.15) is 0 Å². The fourth-order valence-electron chi connectivity index (χ4n) is 1.74. The zero-order valence-corrected chi connectivity index (χ0v) is 9.55. The van der Waals surface area contributed by atoms with E-state index < -0.39 is 0 Å². The van der Waals surface area contributed by atoms with Crippen LogP contribution in [0.3, 0.4) is 0 Å². The van der Waals surface area contributed by atoms with Crippen molar-refractivity contribution in [1.29, 1.82) is 0 Å². The average molecular weight is 214 g/mol. The molecule has 0 saturated carbocycles. The number of amides is 1. The van der Waals surface area contributed by atoms with Gasteiger partial charge in [-0.15, -0.1) is 0 Å². The number of ether oxygens (including phenoxy) is 1. The van der Waals surface area contributed by atoms with Crippen molar-refractivity contribution < 1.29 is 9.53 Å². The normalized spacial score (nSPS) is 21.3. The number of rotatable bonds is 6. The van der Waals surface area contributed by atoms with E-state index in [4.69, 9.17) is 4.74 Å². The molecule has 4 heteroatoms. The highest BCUT2D eigenvalue weighted by Crippen LogP contribution is 2.06.